The lowest BCUT2D eigenvalue weighted by Gasteiger charge is -2.29. The summed E-state index contributed by atoms with van der Waals surface area (Å²) < 4.78 is 2.75. The summed E-state index contributed by atoms with van der Waals surface area (Å²) in [6.07, 6.45) is 2.98. The van der Waals surface area contributed by atoms with Crippen LogP contribution in [0.15, 0.2) is 30.6 Å². The lowest BCUT2D eigenvalue weighted by Crippen LogP contribution is -2.22. The van der Waals surface area contributed by atoms with E-state index in [-0.39, 0.29) is 0 Å². The zero-order valence-electron chi connectivity index (χ0n) is 8.10. The van der Waals surface area contributed by atoms with Crippen LogP contribution in [0.4, 0.5) is 0 Å². The van der Waals surface area contributed by atoms with E-state index in [0.717, 1.165) is 10.4 Å². The first kappa shape index (κ1) is 9.33. The van der Waals surface area contributed by atoms with Crippen LogP contribution in [0.2, 0.25) is 0 Å². The zero-order chi connectivity index (χ0) is 10.3. The van der Waals surface area contributed by atoms with Crippen LogP contribution in [-0.2, 0) is 13.0 Å². The summed E-state index contributed by atoms with van der Waals surface area (Å²) in [5.74, 6) is 0.624. The molecule has 0 N–H and O–H groups in total. The van der Waals surface area contributed by atoms with Gasteiger partial charge < -0.3 is 0 Å². The maximum absolute atomic E-state index is 4.30. The molecule has 0 saturated carbocycles. The maximum atomic E-state index is 4.30. The predicted octanol–water partition coefficient (Wildman–Crippen LogP) is 2.22. The summed E-state index contributed by atoms with van der Waals surface area (Å²) >= 11 is 2.13. The molecule has 0 bridgehead atoms. The molecule has 15 heavy (non-hydrogen) atoms. The first-order valence-corrected chi connectivity index (χ1v) is 6.03. The number of nitrogens with zero attached hydrogens (tertiary/aromatic N) is 3. The molecule has 0 amide bonds. The molecule has 0 spiro atoms. The number of hydrogen-bond acceptors (Lipinski definition) is 2. The Kier molecular flexibility index (Phi) is 2.23. The Morgan fingerprint density at radius 2 is 2.27 bits per heavy atom. The van der Waals surface area contributed by atoms with Crippen molar-refractivity contribution in [2.24, 2.45) is 0 Å². The van der Waals surface area contributed by atoms with Crippen molar-refractivity contribution in [3.05, 3.63) is 45.6 Å². The van der Waals surface area contributed by atoms with Crippen LogP contribution in [0.3, 0.4) is 0 Å². The summed E-state index contributed by atoms with van der Waals surface area (Å²) in [7, 11) is 0. The largest absolute Gasteiger partial charge is 0.251 e. The number of aromatic nitrogens is 3. The highest BCUT2D eigenvalue weighted by Crippen LogP contribution is 2.35. The van der Waals surface area contributed by atoms with Crippen molar-refractivity contribution < 1.29 is 0 Å². The molecule has 1 atom stereocenters. The third kappa shape index (κ3) is 1.67. The third-order valence-corrected chi connectivity index (χ3v) is 3.37. The number of fused-ring (bicyclic) bond motifs is 1. The van der Waals surface area contributed by atoms with Crippen molar-refractivity contribution in [1.29, 1.82) is 0 Å². The molecule has 0 saturated heterocycles. The van der Waals surface area contributed by atoms with E-state index >= 15 is 0 Å². The monoisotopic (exact) mass is 311 g/mol. The molecule has 1 heterocycles. The molecule has 1 aliphatic rings. The number of hydrogen-bond donors (Lipinski definition) is 0. The molecule has 0 aliphatic heterocycles. The van der Waals surface area contributed by atoms with Gasteiger partial charge in [-0.05, 0) is 17.5 Å². The van der Waals surface area contributed by atoms with E-state index in [0.29, 0.717) is 5.92 Å². The summed E-state index contributed by atoms with van der Waals surface area (Å²) in [5, 5.41) is 4.30. The van der Waals surface area contributed by atoms with Crippen LogP contribution in [0.1, 0.15) is 17.0 Å². The average molecular weight is 311 g/mol. The SMILES string of the molecule is Ic1ncn(CC2Cc3ccccc32)n1. The lowest BCUT2D eigenvalue weighted by atomic mass is 9.78. The number of benzene rings is 1. The van der Waals surface area contributed by atoms with Gasteiger partial charge in [-0.3, -0.25) is 4.68 Å². The van der Waals surface area contributed by atoms with E-state index in [4.69, 9.17) is 0 Å². The quantitative estimate of drug-likeness (QED) is 0.796. The Morgan fingerprint density at radius 1 is 1.40 bits per heavy atom. The van der Waals surface area contributed by atoms with Crippen molar-refractivity contribution in [3.8, 4) is 0 Å². The molecule has 3 rings (SSSR count). The van der Waals surface area contributed by atoms with Crippen molar-refractivity contribution in [1.82, 2.24) is 14.8 Å². The highest BCUT2D eigenvalue weighted by molar-refractivity contribution is 14.1. The van der Waals surface area contributed by atoms with Crippen molar-refractivity contribution in [3.63, 3.8) is 0 Å². The second-order valence-electron chi connectivity index (χ2n) is 3.84. The van der Waals surface area contributed by atoms with Crippen molar-refractivity contribution in [2.45, 2.75) is 18.9 Å². The zero-order valence-corrected chi connectivity index (χ0v) is 10.3. The fourth-order valence-electron chi connectivity index (χ4n) is 2.11. The average Bonchev–Trinajstić information content (AvgIpc) is 2.61. The first-order chi connectivity index (χ1) is 7.33. The summed E-state index contributed by atoms with van der Waals surface area (Å²) in [4.78, 5) is 4.12. The van der Waals surface area contributed by atoms with Crippen LogP contribution < -0.4 is 0 Å². The van der Waals surface area contributed by atoms with E-state index < -0.39 is 0 Å². The number of halogens is 1. The topological polar surface area (TPSA) is 30.7 Å². The highest BCUT2D eigenvalue weighted by Gasteiger charge is 2.25. The van der Waals surface area contributed by atoms with E-state index in [1.54, 1.807) is 0 Å². The Bertz CT molecular complexity index is 492. The van der Waals surface area contributed by atoms with Crippen LogP contribution >= 0.6 is 22.6 Å². The first-order valence-electron chi connectivity index (χ1n) is 4.95. The van der Waals surface area contributed by atoms with E-state index in [1.807, 2.05) is 11.0 Å². The smallest absolute Gasteiger partial charge is 0.211 e. The summed E-state index contributed by atoms with van der Waals surface area (Å²) in [6.45, 7) is 0.951. The van der Waals surface area contributed by atoms with Gasteiger partial charge in [0.15, 0.2) is 0 Å². The minimum atomic E-state index is 0.624. The van der Waals surface area contributed by atoms with E-state index in [9.17, 15) is 0 Å². The highest BCUT2D eigenvalue weighted by atomic mass is 127. The van der Waals surface area contributed by atoms with Gasteiger partial charge in [0, 0.05) is 35.1 Å². The molecular formula is C11H10IN3. The van der Waals surface area contributed by atoms with Gasteiger partial charge in [0.05, 0.1) is 0 Å². The molecule has 2 aromatic rings. The lowest BCUT2D eigenvalue weighted by molar-refractivity contribution is 0.473. The van der Waals surface area contributed by atoms with Gasteiger partial charge in [-0.1, -0.05) is 24.3 Å². The molecule has 1 aromatic carbocycles. The van der Waals surface area contributed by atoms with Gasteiger partial charge in [0.2, 0.25) is 3.83 Å². The molecule has 0 fully saturated rings. The van der Waals surface area contributed by atoms with Crippen LogP contribution in [0.5, 0.6) is 0 Å². The Hall–Kier alpha value is -0.910. The van der Waals surface area contributed by atoms with Gasteiger partial charge in [-0.25, -0.2) is 4.98 Å². The van der Waals surface area contributed by atoms with E-state index in [2.05, 4.69) is 56.9 Å². The molecule has 1 aromatic heterocycles. The van der Waals surface area contributed by atoms with Gasteiger partial charge in [0.25, 0.3) is 0 Å². The van der Waals surface area contributed by atoms with Crippen molar-refractivity contribution in [2.75, 3.05) is 0 Å². The Balaban J connectivity index is 1.78. The van der Waals surface area contributed by atoms with Gasteiger partial charge in [-0.2, -0.15) is 0 Å². The molecule has 76 valence electrons. The molecular weight excluding hydrogens is 301 g/mol. The fraction of sp³-hybridized carbons (Fsp3) is 0.273. The molecule has 4 heteroatoms. The van der Waals surface area contributed by atoms with Gasteiger partial charge >= 0.3 is 0 Å². The molecule has 1 aliphatic carbocycles. The normalized spacial score (nSPS) is 18.3. The number of rotatable bonds is 2. The third-order valence-electron chi connectivity index (χ3n) is 2.88. The van der Waals surface area contributed by atoms with Crippen LogP contribution in [0, 0.1) is 3.83 Å². The second kappa shape index (κ2) is 3.59. The van der Waals surface area contributed by atoms with Gasteiger partial charge in [-0.15, -0.1) is 5.10 Å². The van der Waals surface area contributed by atoms with Crippen LogP contribution in [-0.4, -0.2) is 14.8 Å². The fourth-order valence-corrected chi connectivity index (χ4v) is 2.51. The van der Waals surface area contributed by atoms with E-state index in [1.165, 1.54) is 17.5 Å². The van der Waals surface area contributed by atoms with Crippen molar-refractivity contribution >= 4 is 22.6 Å². The molecule has 1 unspecified atom stereocenters. The standard InChI is InChI=1S/C11H10IN3/c12-11-13-7-15(14-11)6-9-5-8-3-1-2-4-10(8)9/h1-4,7,9H,5-6H2. The predicted molar refractivity (Wildman–Crippen MR) is 65.6 cm³/mol. The second-order valence-corrected chi connectivity index (χ2v) is 4.80. The Labute approximate surface area is 102 Å². The minimum Gasteiger partial charge on any atom is -0.251 e. The maximum Gasteiger partial charge on any atom is 0.211 e. The van der Waals surface area contributed by atoms with Gasteiger partial charge in [0.1, 0.15) is 6.33 Å². The Morgan fingerprint density at radius 3 is 3.00 bits per heavy atom. The molecule has 0 radical (unpaired) electrons. The molecule has 3 nitrogen and oxygen atoms in total. The summed E-state index contributed by atoms with van der Waals surface area (Å²) in [6, 6.07) is 8.63. The van der Waals surface area contributed by atoms with Crippen LogP contribution in [0.25, 0.3) is 0 Å². The summed E-state index contributed by atoms with van der Waals surface area (Å²) in [5.41, 5.74) is 2.96. The minimum absolute atomic E-state index is 0.624.